The highest BCUT2D eigenvalue weighted by Gasteiger charge is 2.82. The molecule has 0 radical (unpaired) electrons. The van der Waals surface area contributed by atoms with E-state index in [0.29, 0.717) is 0 Å². The molecular weight excluding hydrogens is 558 g/mol. The first kappa shape index (κ1) is 32.4. The molecule has 0 amide bonds. The standard InChI is InChI=1S/C13H10F18N2S/c14-6(15,8(18,19)10(22,23)12(26,27)28)1-3-32-5(34)33-4-2-7(16,17)9(20,21)11(24,25)13(29,30)31/h1-4H2,(H2,32,33,34). The fraction of sp³-hybridized carbons (Fsp3) is 0.923. The van der Waals surface area contributed by atoms with Crippen LogP contribution in [0.25, 0.3) is 0 Å². The number of hydrogen-bond donors (Lipinski definition) is 2. The zero-order valence-electron chi connectivity index (χ0n) is 15.5. The highest BCUT2D eigenvalue weighted by atomic mass is 32.1. The lowest BCUT2D eigenvalue weighted by Crippen LogP contribution is -2.61. The highest BCUT2D eigenvalue weighted by Crippen LogP contribution is 2.55. The summed E-state index contributed by atoms with van der Waals surface area (Å²) in [5.41, 5.74) is 0. The van der Waals surface area contributed by atoms with E-state index in [9.17, 15) is 79.0 Å². The summed E-state index contributed by atoms with van der Waals surface area (Å²) in [7, 11) is 0. The third kappa shape index (κ3) is 5.97. The maximum Gasteiger partial charge on any atom is 0.460 e. The average molecular weight is 568 g/mol. The van der Waals surface area contributed by atoms with E-state index in [0.717, 1.165) is 0 Å². The van der Waals surface area contributed by atoms with E-state index in [1.807, 2.05) is 0 Å². The van der Waals surface area contributed by atoms with Gasteiger partial charge in [0.1, 0.15) is 0 Å². The average Bonchev–Trinajstić information content (AvgIpc) is 2.58. The molecule has 0 heterocycles. The minimum atomic E-state index is -7.18. The molecule has 0 aliphatic carbocycles. The normalized spacial score (nSPS) is 15.4. The van der Waals surface area contributed by atoms with Crippen molar-refractivity contribution in [3.8, 4) is 0 Å². The number of nitrogens with one attached hydrogen (secondary N) is 2. The number of thiocarbonyl (C=S) groups is 1. The van der Waals surface area contributed by atoms with Crippen LogP contribution >= 0.6 is 12.2 Å². The van der Waals surface area contributed by atoms with Crippen molar-refractivity contribution < 1.29 is 79.0 Å². The van der Waals surface area contributed by atoms with Gasteiger partial charge < -0.3 is 10.6 Å². The fourth-order valence-corrected chi connectivity index (χ4v) is 2.06. The third-order valence-corrected chi connectivity index (χ3v) is 4.16. The third-order valence-electron chi connectivity index (χ3n) is 3.87. The molecule has 0 bridgehead atoms. The highest BCUT2D eigenvalue weighted by molar-refractivity contribution is 7.80. The van der Waals surface area contributed by atoms with Gasteiger partial charge >= 0.3 is 47.9 Å². The second-order valence-electron chi connectivity index (χ2n) is 6.38. The van der Waals surface area contributed by atoms with E-state index in [2.05, 4.69) is 12.2 Å². The molecule has 0 aliphatic rings. The van der Waals surface area contributed by atoms with Crippen LogP contribution in [-0.2, 0) is 0 Å². The van der Waals surface area contributed by atoms with E-state index in [1.165, 1.54) is 10.6 Å². The van der Waals surface area contributed by atoms with Gasteiger partial charge in [-0.25, -0.2) is 0 Å². The Labute approximate surface area is 182 Å². The predicted molar refractivity (Wildman–Crippen MR) is 79.6 cm³/mol. The molecule has 0 aromatic carbocycles. The van der Waals surface area contributed by atoms with Crippen molar-refractivity contribution in [1.82, 2.24) is 10.6 Å². The van der Waals surface area contributed by atoms with Gasteiger partial charge in [-0.3, -0.25) is 0 Å². The number of hydrogen-bond acceptors (Lipinski definition) is 1. The monoisotopic (exact) mass is 568 g/mol. The quantitative estimate of drug-likeness (QED) is 0.244. The summed E-state index contributed by atoms with van der Waals surface area (Å²) in [4.78, 5) is 0. The van der Waals surface area contributed by atoms with Crippen LogP contribution in [0, 0.1) is 0 Å². The first-order valence-electron chi connectivity index (χ1n) is 8.02. The molecule has 0 aromatic heterocycles. The van der Waals surface area contributed by atoms with Gasteiger partial charge in [-0.1, -0.05) is 0 Å². The minimum Gasteiger partial charge on any atom is -0.363 e. The molecule has 0 rings (SSSR count). The van der Waals surface area contributed by atoms with Gasteiger partial charge in [-0.15, -0.1) is 0 Å². The van der Waals surface area contributed by atoms with Crippen molar-refractivity contribution in [2.24, 2.45) is 0 Å². The van der Waals surface area contributed by atoms with E-state index in [4.69, 9.17) is 0 Å². The minimum absolute atomic E-state index is 1.19. The van der Waals surface area contributed by atoms with Gasteiger partial charge in [-0.2, -0.15) is 79.0 Å². The van der Waals surface area contributed by atoms with Gasteiger partial charge in [0.15, 0.2) is 5.11 Å². The second-order valence-corrected chi connectivity index (χ2v) is 6.79. The zero-order valence-corrected chi connectivity index (χ0v) is 16.4. The molecule has 0 saturated heterocycles. The van der Waals surface area contributed by atoms with Crippen LogP contribution in [0.3, 0.4) is 0 Å². The molecule has 204 valence electrons. The van der Waals surface area contributed by atoms with Gasteiger partial charge in [0.25, 0.3) is 0 Å². The fourth-order valence-electron chi connectivity index (χ4n) is 1.86. The molecule has 0 aromatic rings. The van der Waals surface area contributed by atoms with Gasteiger partial charge in [0, 0.05) is 25.9 Å². The molecule has 0 aliphatic heterocycles. The lowest BCUT2D eigenvalue weighted by molar-refractivity contribution is -0.396. The predicted octanol–water partition coefficient (Wildman–Crippen LogP) is 6.17. The van der Waals surface area contributed by atoms with E-state index in [1.54, 1.807) is 0 Å². The largest absolute Gasteiger partial charge is 0.460 e. The van der Waals surface area contributed by atoms with E-state index >= 15 is 0 Å². The molecule has 21 heteroatoms. The molecular formula is C13H10F18N2S. The van der Waals surface area contributed by atoms with Crippen molar-refractivity contribution in [3.63, 3.8) is 0 Å². The van der Waals surface area contributed by atoms with E-state index < -0.39 is 78.9 Å². The van der Waals surface area contributed by atoms with Crippen LogP contribution in [0.5, 0.6) is 0 Å². The van der Waals surface area contributed by atoms with E-state index in [-0.39, 0.29) is 0 Å². The summed E-state index contributed by atoms with van der Waals surface area (Å²) in [5, 5.41) is 1.61. The molecule has 2 N–H and O–H groups in total. The summed E-state index contributed by atoms with van der Waals surface area (Å²) < 4.78 is 227. The molecule has 0 spiro atoms. The topological polar surface area (TPSA) is 24.1 Å². The molecule has 0 atom stereocenters. The van der Waals surface area contributed by atoms with Crippen LogP contribution in [0.1, 0.15) is 12.8 Å². The van der Waals surface area contributed by atoms with Crippen molar-refractivity contribution in [3.05, 3.63) is 0 Å². The molecule has 0 unspecified atom stereocenters. The Morgan fingerprint density at radius 1 is 0.441 bits per heavy atom. The van der Waals surface area contributed by atoms with Crippen molar-refractivity contribution in [2.45, 2.75) is 60.7 Å². The van der Waals surface area contributed by atoms with Crippen molar-refractivity contribution >= 4 is 17.3 Å². The maximum atomic E-state index is 13.2. The summed E-state index contributed by atoms with van der Waals surface area (Å²) in [6.07, 6.45) is -19.1. The second kappa shape index (κ2) is 9.47. The Kier molecular flexibility index (Phi) is 9.03. The summed E-state index contributed by atoms with van der Waals surface area (Å²) in [6, 6.07) is 0. The lowest BCUT2D eigenvalue weighted by Gasteiger charge is -2.34. The van der Waals surface area contributed by atoms with Crippen LogP contribution in [0.2, 0.25) is 0 Å². The first-order chi connectivity index (χ1) is 14.6. The lowest BCUT2D eigenvalue weighted by atomic mass is 10.0. The Morgan fingerprint density at radius 3 is 0.882 bits per heavy atom. The summed E-state index contributed by atoms with van der Waals surface area (Å²) in [6.45, 7) is -3.28. The first-order valence-corrected chi connectivity index (χ1v) is 8.43. The number of rotatable bonds is 10. The maximum absolute atomic E-state index is 13.2. The van der Waals surface area contributed by atoms with Gasteiger partial charge in [0.05, 0.1) is 0 Å². The zero-order chi connectivity index (χ0) is 27.8. The van der Waals surface area contributed by atoms with Crippen LogP contribution < -0.4 is 10.6 Å². The Morgan fingerprint density at radius 2 is 0.676 bits per heavy atom. The molecule has 2 nitrogen and oxygen atoms in total. The summed E-state index contributed by atoms with van der Waals surface area (Å²) >= 11 is 4.14. The van der Waals surface area contributed by atoms with Gasteiger partial charge in [0.2, 0.25) is 0 Å². The van der Waals surface area contributed by atoms with Gasteiger partial charge in [-0.05, 0) is 12.2 Å². The Hall–Kier alpha value is -1.57. The smallest absolute Gasteiger partial charge is 0.363 e. The molecule has 0 fully saturated rings. The Bertz CT molecular complexity index is 652. The van der Waals surface area contributed by atoms with Crippen LogP contribution in [-0.4, -0.2) is 66.1 Å². The number of halogens is 18. The van der Waals surface area contributed by atoms with Crippen molar-refractivity contribution in [1.29, 1.82) is 0 Å². The summed E-state index contributed by atoms with van der Waals surface area (Å²) in [5.74, 6) is -40.4. The number of alkyl halides is 18. The van der Waals surface area contributed by atoms with Crippen molar-refractivity contribution in [2.75, 3.05) is 13.1 Å². The molecule has 0 saturated carbocycles. The SMILES string of the molecule is FC(F)(F)C(F)(F)C(F)(F)C(F)(F)CCNC(=S)NCCC(F)(F)C(F)(F)C(F)(F)C(F)(F)F. The molecule has 34 heavy (non-hydrogen) atoms. The van der Waals surface area contributed by atoms with Crippen LogP contribution in [0.15, 0.2) is 0 Å². The van der Waals surface area contributed by atoms with Crippen LogP contribution in [0.4, 0.5) is 79.0 Å². The Balaban J connectivity index is 4.98.